The fraction of sp³-hybridized carbons (Fsp3) is 0.300. The Bertz CT molecular complexity index is 329. The average Bonchev–Trinajstić information content (AvgIpc) is 2.53. The summed E-state index contributed by atoms with van der Waals surface area (Å²) < 4.78 is 0. The number of rotatable bonds is 1. The van der Waals surface area contributed by atoms with Gasteiger partial charge in [0.15, 0.2) is 0 Å². The molecule has 0 radical (unpaired) electrons. The van der Waals surface area contributed by atoms with E-state index in [0.717, 1.165) is 12.1 Å². The number of hydrogen-bond acceptors (Lipinski definition) is 3. The van der Waals surface area contributed by atoms with E-state index in [2.05, 4.69) is 10.5 Å². The van der Waals surface area contributed by atoms with E-state index >= 15 is 0 Å². The van der Waals surface area contributed by atoms with Crippen LogP contribution in [0.25, 0.3) is 0 Å². The number of phenols is 1. The van der Waals surface area contributed by atoms with Crippen LogP contribution in [0.15, 0.2) is 29.4 Å². The van der Waals surface area contributed by atoms with Gasteiger partial charge in [-0.1, -0.05) is 12.1 Å². The Balaban J connectivity index is 2.14. The van der Waals surface area contributed by atoms with Crippen molar-refractivity contribution in [2.45, 2.75) is 19.4 Å². The van der Waals surface area contributed by atoms with Gasteiger partial charge in [0.05, 0.1) is 6.04 Å². The lowest BCUT2D eigenvalue weighted by atomic mass is 10.0. The Morgan fingerprint density at radius 1 is 1.38 bits per heavy atom. The number of nitrogens with zero attached hydrogens (tertiary/aromatic N) is 1. The molecule has 3 heteroatoms. The second kappa shape index (κ2) is 3.09. The summed E-state index contributed by atoms with van der Waals surface area (Å²) in [7, 11) is 0. The standard InChI is InChI=1S/C10H12N2O/c1-7-6-10(12-11-7)8-2-4-9(13)5-3-8/h2-5,10,12-13H,6H2,1H3. The smallest absolute Gasteiger partial charge is 0.115 e. The minimum atomic E-state index is 0.278. The highest BCUT2D eigenvalue weighted by molar-refractivity contribution is 5.83. The van der Waals surface area contributed by atoms with Crippen molar-refractivity contribution in [3.8, 4) is 5.75 Å². The van der Waals surface area contributed by atoms with Gasteiger partial charge >= 0.3 is 0 Å². The first-order chi connectivity index (χ1) is 6.25. The zero-order valence-corrected chi connectivity index (χ0v) is 7.49. The first kappa shape index (κ1) is 8.10. The molecule has 68 valence electrons. The van der Waals surface area contributed by atoms with Crippen LogP contribution in [0.1, 0.15) is 24.9 Å². The maximum Gasteiger partial charge on any atom is 0.115 e. The first-order valence-corrected chi connectivity index (χ1v) is 4.33. The summed E-state index contributed by atoms with van der Waals surface area (Å²) in [6, 6.07) is 7.51. The van der Waals surface area contributed by atoms with Crippen LogP contribution in [-0.4, -0.2) is 10.8 Å². The molecule has 1 aliphatic heterocycles. The van der Waals surface area contributed by atoms with Gasteiger partial charge in [0.1, 0.15) is 5.75 Å². The van der Waals surface area contributed by atoms with Crippen LogP contribution >= 0.6 is 0 Å². The van der Waals surface area contributed by atoms with Crippen molar-refractivity contribution in [2.75, 3.05) is 0 Å². The molecule has 0 bridgehead atoms. The maximum absolute atomic E-state index is 9.10. The zero-order chi connectivity index (χ0) is 9.26. The van der Waals surface area contributed by atoms with Gasteiger partial charge in [0.25, 0.3) is 0 Å². The molecule has 0 spiro atoms. The number of hydrogen-bond donors (Lipinski definition) is 2. The van der Waals surface area contributed by atoms with Gasteiger partial charge in [0.2, 0.25) is 0 Å². The van der Waals surface area contributed by atoms with Gasteiger partial charge in [-0.2, -0.15) is 5.10 Å². The quantitative estimate of drug-likeness (QED) is 0.685. The Labute approximate surface area is 77.1 Å². The highest BCUT2D eigenvalue weighted by atomic mass is 16.3. The summed E-state index contributed by atoms with van der Waals surface area (Å²) >= 11 is 0. The van der Waals surface area contributed by atoms with E-state index in [4.69, 9.17) is 5.11 Å². The molecule has 0 aliphatic carbocycles. The summed E-state index contributed by atoms with van der Waals surface area (Å²) in [6.07, 6.45) is 0.949. The maximum atomic E-state index is 9.10. The Morgan fingerprint density at radius 2 is 2.08 bits per heavy atom. The van der Waals surface area contributed by atoms with E-state index in [0.29, 0.717) is 5.75 Å². The van der Waals surface area contributed by atoms with Crippen molar-refractivity contribution in [1.29, 1.82) is 0 Å². The Morgan fingerprint density at radius 3 is 2.62 bits per heavy atom. The van der Waals surface area contributed by atoms with Crippen LogP contribution in [0.3, 0.4) is 0 Å². The summed E-state index contributed by atoms with van der Waals surface area (Å²) in [5, 5.41) is 13.2. The van der Waals surface area contributed by atoms with E-state index in [1.807, 2.05) is 19.1 Å². The molecule has 1 unspecified atom stereocenters. The molecule has 1 heterocycles. The molecule has 1 aromatic rings. The number of aromatic hydroxyl groups is 1. The molecule has 0 amide bonds. The van der Waals surface area contributed by atoms with Crippen LogP contribution in [0.5, 0.6) is 5.75 Å². The second-order valence-corrected chi connectivity index (χ2v) is 3.32. The van der Waals surface area contributed by atoms with Gasteiger partial charge in [0, 0.05) is 12.1 Å². The lowest BCUT2D eigenvalue weighted by molar-refractivity contribution is 0.474. The topological polar surface area (TPSA) is 44.6 Å². The Hall–Kier alpha value is -1.51. The fourth-order valence-electron chi connectivity index (χ4n) is 1.47. The predicted molar refractivity (Wildman–Crippen MR) is 51.7 cm³/mol. The van der Waals surface area contributed by atoms with Crippen LogP contribution in [0, 0.1) is 0 Å². The van der Waals surface area contributed by atoms with Crippen molar-refractivity contribution in [1.82, 2.24) is 5.43 Å². The number of hydrazone groups is 1. The molecule has 0 aromatic heterocycles. The van der Waals surface area contributed by atoms with E-state index in [1.165, 1.54) is 5.56 Å². The number of nitrogens with one attached hydrogen (secondary N) is 1. The third-order valence-electron chi connectivity index (χ3n) is 2.21. The van der Waals surface area contributed by atoms with Crippen molar-refractivity contribution >= 4 is 5.71 Å². The normalized spacial score (nSPS) is 21.0. The molecule has 0 saturated carbocycles. The largest absolute Gasteiger partial charge is 0.508 e. The molecular weight excluding hydrogens is 164 g/mol. The molecule has 0 fully saturated rings. The summed E-state index contributed by atoms with van der Waals surface area (Å²) in [4.78, 5) is 0. The average molecular weight is 176 g/mol. The van der Waals surface area contributed by atoms with Crippen molar-refractivity contribution in [3.05, 3.63) is 29.8 Å². The predicted octanol–water partition coefficient (Wildman–Crippen LogP) is 1.80. The summed E-state index contributed by atoms with van der Waals surface area (Å²) in [5.41, 5.74) is 5.34. The molecule has 2 rings (SSSR count). The third kappa shape index (κ3) is 1.64. The van der Waals surface area contributed by atoms with Gasteiger partial charge in [-0.05, 0) is 24.6 Å². The minimum Gasteiger partial charge on any atom is -0.508 e. The molecule has 1 aliphatic rings. The molecule has 1 aromatic carbocycles. The lowest BCUT2D eigenvalue weighted by Crippen LogP contribution is -2.09. The number of benzene rings is 1. The highest BCUT2D eigenvalue weighted by Gasteiger charge is 2.16. The van der Waals surface area contributed by atoms with Crippen molar-refractivity contribution in [2.24, 2.45) is 5.10 Å². The van der Waals surface area contributed by atoms with Crippen molar-refractivity contribution < 1.29 is 5.11 Å². The summed E-state index contributed by atoms with van der Waals surface area (Å²) in [6.45, 7) is 2.01. The van der Waals surface area contributed by atoms with Crippen molar-refractivity contribution in [3.63, 3.8) is 0 Å². The fourth-order valence-corrected chi connectivity index (χ4v) is 1.47. The first-order valence-electron chi connectivity index (χ1n) is 4.33. The van der Waals surface area contributed by atoms with Gasteiger partial charge < -0.3 is 10.5 Å². The number of phenolic OH excluding ortho intramolecular Hbond substituents is 1. The molecule has 1 atom stereocenters. The van der Waals surface area contributed by atoms with E-state index < -0.39 is 0 Å². The molecular formula is C10H12N2O. The monoisotopic (exact) mass is 176 g/mol. The molecule has 2 N–H and O–H groups in total. The van der Waals surface area contributed by atoms with Gasteiger partial charge in [-0.15, -0.1) is 0 Å². The van der Waals surface area contributed by atoms with E-state index in [9.17, 15) is 0 Å². The van der Waals surface area contributed by atoms with E-state index in [-0.39, 0.29) is 6.04 Å². The minimum absolute atomic E-state index is 0.278. The van der Waals surface area contributed by atoms with Crippen LogP contribution in [0.4, 0.5) is 0 Å². The molecule has 13 heavy (non-hydrogen) atoms. The van der Waals surface area contributed by atoms with Gasteiger partial charge in [-0.25, -0.2) is 0 Å². The molecule has 0 saturated heterocycles. The summed E-state index contributed by atoms with van der Waals surface area (Å²) in [5.74, 6) is 0.305. The van der Waals surface area contributed by atoms with Crippen LogP contribution in [-0.2, 0) is 0 Å². The van der Waals surface area contributed by atoms with E-state index in [1.54, 1.807) is 12.1 Å². The van der Waals surface area contributed by atoms with Gasteiger partial charge in [-0.3, -0.25) is 0 Å². The Kier molecular flexibility index (Phi) is 1.93. The zero-order valence-electron chi connectivity index (χ0n) is 7.49. The SMILES string of the molecule is CC1=NNC(c2ccc(O)cc2)C1. The van der Waals surface area contributed by atoms with Crippen LogP contribution in [0.2, 0.25) is 0 Å². The highest BCUT2D eigenvalue weighted by Crippen LogP contribution is 2.22. The lowest BCUT2D eigenvalue weighted by Gasteiger charge is -2.09. The van der Waals surface area contributed by atoms with Crippen LogP contribution < -0.4 is 5.43 Å². The second-order valence-electron chi connectivity index (χ2n) is 3.32. The molecule has 3 nitrogen and oxygen atoms in total. The third-order valence-corrected chi connectivity index (χ3v) is 2.21.